The molecule has 0 aliphatic heterocycles. The molecule has 2 rings (SSSR count). The van der Waals surface area contributed by atoms with Gasteiger partial charge in [0.1, 0.15) is 0 Å². The summed E-state index contributed by atoms with van der Waals surface area (Å²) in [6.45, 7) is 3.96. The van der Waals surface area contributed by atoms with Crippen LogP contribution in [-0.2, 0) is 0 Å². The number of hydrogen-bond donors (Lipinski definition) is 1. The van der Waals surface area contributed by atoms with E-state index in [1.807, 2.05) is 32.0 Å². The van der Waals surface area contributed by atoms with E-state index < -0.39 is 0 Å². The topological polar surface area (TPSA) is 52.9 Å². The van der Waals surface area contributed by atoms with Gasteiger partial charge in [-0.2, -0.15) is 5.26 Å². The number of benzene rings is 2. The van der Waals surface area contributed by atoms with Crippen molar-refractivity contribution in [1.29, 1.82) is 5.26 Å². The Balaban J connectivity index is 2.21. The van der Waals surface area contributed by atoms with E-state index in [1.165, 1.54) is 0 Å². The first-order valence-corrected chi connectivity index (χ1v) is 6.89. The van der Waals surface area contributed by atoms with Crippen LogP contribution < -0.4 is 5.32 Å². The van der Waals surface area contributed by atoms with Crippen molar-refractivity contribution in [2.45, 2.75) is 13.8 Å². The van der Waals surface area contributed by atoms with Crippen molar-refractivity contribution in [1.82, 2.24) is 0 Å². The first kappa shape index (κ1) is 14.3. The van der Waals surface area contributed by atoms with Crippen LogP contribution in [0.5, 0.6) is 0 Å². The van der Waals surface area contributed by atoms with Crippen LogP contribution in [0.4, 0.5) is 5.69 Å². The van der Waals surface area contributed by atoms with Crippen LogP contribution in [0, 0.1) is 25.2 Å². The van der Waals surface area contributed by atoms with E-state index in [9.17, 15) is 4.79 Å². The Kier molecular flexibility index (Phi) is 4.21. The molecule has 2 aromatic carbocycles. The van der Waals surface area contributed by atoms with Crippen molar-refractivity contribution in [2.24, 2.45) is 0 Å². The Morgan fingerprint density at radius 3 is 2.20 bits per heavy atom. The van der Waals surface area contributed by atoms with Crippen LogP contribution in [-0.4, -0.2) is 5.91 Å². The van der Waals surface area contributed by atoms with Crippen molar-refractivity contribution < 1.29 is 4.79 Å². The molecular formula is C16H13BrN2O. The maximum absolute atomic E-state index is 12.1. The number of nitriles is 1. The van der Waals surface area contributed by atoms with Crippen molar-refractivity contribution in [3.63, 3.8) is 0 Å². The highest BCUT2D eigenvalue weighted by atomic mass is 79.9. The van der Waals surface area contributed by atoms with Gasteiger partial charge in [0.05, 0.1) is 11.6 Å². The molecule has 0 unspecified atom stereocenters. The molecule has 0 saturated heterocycles. The molecule has 0 spiro atoms. The zero-order chi connectivity index (χ0) is 14.7. The molecule has 0 saturated carbocycles. The summed E-state index contributed by atoms with van der Waals surface area (Å²) >= 11 is 3.50. The maximum Gasteiger partial charge on any atom is 0.255 e. The highest BCUT2D eigenvalue weighted by Crippen LogP contribution is 2.25. The molecule has 20 heavy (non-hydrogen) atoms. The minimum Gasteiger partial charge on any atom is -0.322 e. The predicted octanol–water partition coefficient (Wildman–Crippen LogP) is 4.19. The van der Waals surface area contributed by atoms with Gasteiger partial charge in [0.15, 0.2) is 0 Å². The largest absolute Gasteiger partial charge is 0.322 e. The van der Waals surface area contributed by atoms with E-state index in [1.54, 1.807) is 24.3 Å². The van der Waals surface area contributed by atoms with E-state index in [4.69, 9.17) is 5.26 Å². The zero-order valence-corrected chi connectivity index (χ0v) is 12.8. The molecule has 0 aliphatic carbocycles. The molecule has 0 aliphatic rings. The molecule has 4 heteroatoms. The third-order valence-corrected chi connectivity index (χ3v) is 4.22. The first-order chi connectivity index (χ1) is 9.51. The van der Waals surface area contributed by atoms with Crippen LogP contribution in [0.3, 0.4) is 0 Å². The molecule has 0 fully saturated rings. The molecule has 100 valence electrons. The zero-order valence-electron chi connectivity index (χ0n) is 11.2. The van der Waals surface area contributed by atoms with Crippen LogP contribution >= 0.6 is 15.9 Å². The molecule has 3 nitrogen and oxygen atoms in total. The van der Waals surface area contributed by atoms with Gasteiger partial charge in [-0.1, -0.05) is 15.9 Å². The van der Waals surface area contributed by atoms with Crippen LogP contribution in [0.25, 0.3) is 0 Å². The first-order valence-electron chi connectivity index (χ1n) is 6.09. The van der Waals surface area contributed by atoms with E-state index in [0.29, 0.717) is 11.1 Å². The lowest BCUT2D eigenvalue weighted by atomic mass is 10.1. The molecule has 1 amide bonds. The number of hydrogen-bond acceptors (Lipinski definition) is 2. The van der Waals surface area contributed by atoms with Crippen molar-refractivity contribution in [2.75, 3.05) is 5.32 Å². The monoisotopic (exact) mass is 328 g/mol. The second kappa shape index (κ2) is 5.89. The van der Waals surface area contributed by atoms with Gasteiger partial charge in [0.25, 0.3) is 5.91 Å². The van der Waals surface area contributed by atoms with E-state index >= 15 is 0 Å². The minimum absolute atomic E-state index is 0.185. The van der Waals surface area contributed by atoms with Crippen LogP contribution in [0.2, 0.25) is 0 Å². The number of halogens is 1. The quantitative estimate of drug-likeness (QED) is 0.898. The lowest BCUT2D eigenvalue weighted by Gasteiger charge is -2.09. The highest BCUT2D eigenvalue weighted by Gasteiger charge is 2.08. The Morgan fingerprint density at radius 2 is 1.70 bits per heavy atom. The average molecular weight is 329 g/mol. The summed E-state index contributed by atoms with van der Waals surface area (Å²) in [5, 5.41) is 11.6. The third kappa shape index (κ3) is 3.06. The van der Waals surface area contributed by atoms with Gasteiger partial charge in [-0.3, -0.25) is 4.79 Å². The highest BCUT2D eigenvalue weighted by molar-refractivity contribution is 9.10. The summed E-state index contributed by atoms with van der Waals surface area (Å²) in [6, 6.07) is 12.4. The number of carbonyl (C=O) groups excluding carboxylic acids is 1. The summed E-state index contributed by atoms with van der Waals surface area (Å²) in [5.41, 5.74) is 3.97. The number of rotatable bonds is 2. The summed E-state index contributed by atoms with van der Waals surface area (Å²) in [5.74, 6) is -0.185. The second-order valence-electron chi connectivity index (χ2n) is 4.57. The molecule has 0 radical (unpaired) electrons. The minimum atomic E-state index is -0.185. The van der Waals surface area contributed by atoms with Gasteiger partial charge in [-0.05, 0) is 61.4 Å². The number of aryl methyl sites for hydroxylation is 2. The molecular weight excluding hydrogens is 316 g/mol. The Labute approximate surface area is 126 Å². The smallest absolute Gasteiger partial charge is 0.255 e. The Bertz CT molecular complexity index is 676. The lowest BCUT2D eigenvalue weighted by molar-refractivity contribution is 0.102. The number of nitrogens with zero attached hydrogens (tertiary/aromatic N) is 1. The van der Waals surface area contributed by atoms with Crippen molar-refractivity contribution in [3.05, 3.63) is 63.1 Å². The molecule has 1 N–H and O–H groups in total. The fourth-order valence-electron chi connectivity index (χ4n) is 1.92. The van der Waals surface area contributed by atoms with E-state index in [0.717, 1.165) is 21.3 Å². The Hall–Kier alpha value is -2.12. The van der Waals surface area contributed by atoms with Gasteiger partial charge < -0.3 is 5.32 Å². The Morgan fingerprint density at radius 1 is 1.15 bits per heavy atom. The molecule has 0 aromatic heterocycles. The lowest BCUT2D eigenvalue weighted by Crippen LogP contribution is -2.12. The summed E-state index contributed by atoms with van der Waals surface area (Å²) < 4.78 is 1.05. The molecule has 0 heterocycles. The van der Waals surface area contributed by atoms with E-state index in [-0.39, 0.29) is 5.91 Å². The fraction of sp³-hybridized carbons (Fsp3) is 0.125. The molecule has 2 aromatic rings. The number of nitrogens with one attached hydrogen (secondary N) is 1. The standard InChI is InChI=1S/C16H13BrN2O/c1-10-7-14(8-11(2)15(10)17)19-16(20)13-5-3-12(9-18)4-6-13/h3-8H,1-2H3,(H,19,20). The third-order valence-electron chi connectivity index (χ3n) is 2.97. The number of anilines is 1. The molecule has 0 atom stereocenters. The van der Waals surface area contributed by atoms with Crippen molar-refractivity contribution >= 4 is 27.5 Å². The van der Waals surface area contributed by atoms with Gasteiger partial charge >= 0.3 is 0 Å². The SMILES string of the molecule is Cc1cc(NC(=O)c2ccc(C#N)cc2)cc(C)c1Br. The summed E-state index contributed by atoms with van der Waals surface area (Å²) in [7, 11) is 0. The average Bonchev–Trinajstić information content (AvgIpc) is 2.44. The normalized spacial score (nSPS) is 9.90. The van der Waals surface area contributed by atoms with Crippen LogP contribution in [0.15, 0.2) is 40.9 Å². The van der Waals surface area contributed by atoms with Gasteiger partial charge in [0.2, 0.25) is 0 Å². The fourth-order valence-corrected chi connectivity index (χ4v) is 2.15. The molecule has 0 bridgehead atoms. The van der Waals surface area contributed by atoms with Gasteiger partial charge in [0, 0.05) is 15.7 Å². The van der Waals surface area contributed by atoms with Crippen molar-refractivity contribution in [3.8, 4) is 6.07 Å². The van der Waals surface area contributed by atoms with Gasteiger partial charge in [-0.15, -0.1) is 0 Å². The second-order valence-corrected chi connectivity index (χ2v) is 5.36. The summed E-state index contributed by atoms with van der Waals surface area (Å²) in [4.78, 5) is 12.1. The van der Waals surface area contributed by atoms with Gasteiger partial charge in [-0.25, -0.2) is 0 Å². The maximum atomic E-state index is 12.1. The number of carbonyl (C=O) groups is 1. The summed E-state index contributed by atoms with van der Waals surface area (Å²) in [6.07, 6.45) is 0. The van der Waals surface area contributed by atoms with E-state index in [2.05, 4.69) is 21.2 Å². The van der Waals surface area contributed by atoms with Crippen LogP contribution in [0.1, 0.15) is 27.0 Å². The predicted molar refractivity (Wildman–Crippen MR) is 82.7 cm³/mol. The number of amides is 1.